The van der Waals surface area contributed by atoms with Gasteiger partial charge in [-0.2, -0.15) is 0 Å². The maximum atomic E-state index is 13.2. The van der Waals surface area contributed by atoms with Crippen molar-refractivity contribution in [3.8, 4) is 0 Å². The van der Waals surface area contributed by atoms with Crippen LogP contribution in [-0.2, 0) is 12.8 Å². The van der Waals surface area contributed by atoms with Crippen LogP contribution in [0.2, 0.25) is 10.0 Å². The Morgan fingerprint density at radius 3 is 2.61 bits per heavy atom. The predicted octanol–water partition coefficient (Wildman–Crippen LogP) is 5.52. The molecule has 1 heterocycles. The highest BCUT2D eigenvalue weighted by molar-refractivity contribution is 6.37. The summed E-state index contributed by atoms with van der Waals surface area (Å²) in [5.41, 5.74) is 3.90. The average molecular weight is 344 g/mol. The van der Waals surface area contributed by atoms with Crippen molar-refractivity contribution in [2.75, 3.05) is 0 Å². The number of carbonyl (C=O) groups excluding carboxylic acids is 1. The van der Waals surface area contributed by atoms with Crippen LogP contribution >= 0.6 is 23.2 Å². The highest BCUT2D eigenvalue weighted by Crippen LogP contribution is 2.33. The third-order valence-corrected chi connectivity index (χ3v) is 5.09. The summed E-state index contributed by atoms with van der Waals surface area (Å²) in [5.74, 6) is -0.0778. The fraction of sp³-hybridized carbons (Fsp3) is 0.211. The van der Waals surface area contributed by atoms with E-state index in [-0.39, 0.29) is 5.91 Å². The Morgan fingerprint density at radius 1 is 1.00 bits per heavy atom. The molecule has 0 N–H and O–H groups in total. The number of nitrogens with zero attached hydrogens (tertiary/aromatic N) is 1. The predicted molar refractivity (Wildman–Crippen MR) is 94.8 cm³/mol. The quantitative estimate of drug-likeness (QED) is 0.570. The fourth-order valence-corrected chi connectivity index (χ4v) is 4.00. The number of benzene rings is 2. The van der Waals surface area contributed by atoms with Crippen LogP contribution in [0.25, 0.3) is 10.9 Å². The number of halogens is 2. The van der Waals surface area contributed by atoms with Gasteiger partial charge in [-0.15, -0.1) is 0 Å². The first-order valence-electron chi connectivity index (χ1n) is 7.78. The molecule has 4 rings (SSSR count). The van der Waals surface area contributed by atoms with Gasteiger partial charge in [0.05, 0.1) is 16.1 Å². The standard InChI is InChI=1S/C19H15Cl2NO/c20-12-9-10-15(16(21)11-12)19(23)22-17-7-3-1-5-13(17)14-6-2-4-8-18(14)22/h1,3,5,7,9-11H,2,4,6,8H2. The first kappa shape index (κ1) is 14.8. The third kappa shape index (κ3) is 2.37. The van der Waals surface area contributed by atoms with Crippen molar-refractivity contribution in [3.05, 3.63) is 69.3 Å². The van der Waals surface area contributed by atoms with Gasteiger partial charge >= 0.3 is 0 Å². The van der Waals surface area contributed by atoms with Crippen LogP contribution in [0.1, 0.15) is 34.5 Å². The van der Waals surface area contributed by atoms with Crippen molar-refractivity contribution >= 4 is 40.0 Å². The van der Waals surface area contributed by atoms with Crippen LogP contribution in [0, 0.1) is 0 Å². The van der Waals surface area contributed by atoms with Gasteiger partial charge in [-0.25, -0.2) is 0 Å². The van der Waals surface area contributed by atoms with Crippen molar-refractivity contribution in [2.45, 2.75) is 25.7 Å². The zero-order valence-electron chi connectivity index (χ0n) is 12.5. The first-order chi connectivity index (χ1) is 11.2. The second-order valence-corrected chi connectivity index (χ2v) is 6.76. The van der Waals surface area contributed by atoms with Crippen LogP contribution < -0.4 is 0 Å². The molecule has 0 fully saturated rings. The largest absolute Gasteiger partial charge is 0.280 e. The first-order valence-corrected chi connectivity index (χ1v) is 8.53. The number of para-hydroxylation sites is 1. The molecule has 0 saturated carbocycles. The molecule has 116 valence electrons. The maximum absolute atomic E-state index is 13.2. The highest BCUT2D eigenvalue weighted by Gasteiger charge is 2.24. The molecule has 3 aromatic rings. The summed E-state index contributed by atoms with van der Waals surface area (Å²) >= 11 is 12.2. The molecule has 0 bridgehead atoms. The lowest BCUT2D eigenvalue weighted by Gasteiger charge is -2.15. The molecule has 1 aromatic heterocycles. The van der Waals surface area contributed by atoms with E-state index in [4.69, 9.17) is 23.2 Å². The summed E-state index contributed by atoms with van der Waals surface area (Å²) in [6.07, 6.45) is 4.26. The Hall–Kier alpha value is -1.77. The second kappa shape index (κ2) is 5.70. The maximum Gasteiger partial charge on any atom is 0.264 e. The summed E-state index contributed by atoms with van der Waals surface area (Å²) in [5, 5.41) is 2.11. The lowest BCUT2D eigenvalue weighted by atomic mass is 9.95. The van der Waals surface area contributed by atoms with E-state index in [0.29, 0.717) is 15.6 Å². The van der Waals surface area contributed by atoms with Crippen LogP contribution in [0.5, 0.6) is 0 Å². The summed E-state index contributed by atoms with van der Waals surface area (Å²) in [7, 11) is 0. The summed E-state index contributed by atoms with van der Waals surface area (Å²) in [6, 6.07) is 13.1. The van der Waals surface area contributed by atoms with Gasteiger partial charge in [-0.3, -0.25) is 9.36 Å². The monoisotopic (exact) mass is 343 g/mol. The Bertz CT molecular complexity index is 927. The Balaban J connectivity index is 1.96. The van der Waals surface area contributed by atoms with Gasteiger partial charge in [0.2, 0.25) is 0 Å². The third-order valence-electron chi connectivity index (χ3n) is 4.54. The van der Waals surface area contributed by atoms with Crippen LogP contribution in [0.15, 0.2) is 42.5 Å². The Morgan fingerprint density at radius 2 is 1.78 bits per heavy atom. The van der Waals surface area contributed by atoms with E-state index in [1.165, 1.54) is 17.4 Å². The minimum absolute atomic E-state index is 0.0778. The summed E-state index contributed by atoms with van der Waals surface area (Å²) in [6.45, 7) is 0. The van der Waals surface area contributed by atoms with Gasteiger partial charge in [-0.05, 0) is 55.5 Å². The van der Waals surface area contributed by atoms with Crippen molar-refractivity contribution in [1.82, 2.24) is 4.57 Å². The van der Waals surface area contributed by atoms with Crippen LogP contribution in [0.4, 0.5) is 0 Å². The highest BCUT2D eigenvalue weighted by atomic mass is 35.5. The summed E-state index contributed by atoms with van der Waals surface area (Å²) in [4.78, 5) is 13.2. The number of rotatable bonds is 1. The van der Waals surface area contributed by atoms with Crippen LogP contribution in [0.3, 0.4) is 0 Å². The molecule has 0 saturated heterocycles. The molecule has 4 heteroatoms. The Labute approximate surface area is 144 Å². The minimum Gasteiger partial charge on any atom is -0.280 e. The zero-order valence-corrected chi connectivity index (χ0v) is 14.0. The molecule has 1 aliphatic rings. The second-order valence-electron chi connectivity index (χ2n) is 5.91. The number of hydrogen-bond acceptors (Lipinski definition) is 1. The SMILES string of the molecule is O=C(c1ccc(Cl)cc1Cl)n1c2c(c3ccccc31)CCCC2. The number of aryl methyl sites for hydroxylation is 1. The van der Waals surface area contributed by atoms with Gasteiger partial charge in [0, 0.05) is 16.1 Å². The van der Waals surface area contributed by atoms with Gasteiger partial charge in [-0.1, -0.05) is 41.4 Å². The van der Waals surface area contributed by atoms with Crippen molar-refractivity contribution in [1.29, 1.82) is 0 Å². The number of carbonyl (C=O) groups is 1. The molecule has 0 unspecified atom stereocenters. The topological polar surface area (TPSA) is 22.0 Å². The van der Waals surface area contributed by atoms with E-state index in [2.05, 4.69) is 6.07 Å². The van der Waals surface area contributed by atoms with Gasteiger partial charge in [0.1, 0.15) is 0 Å². The minimum atomic E-state index is -0.0778. The lowest BCUT2D eigenvalue weighted by Crippen LogP contribution is -2.17. The molecule has 0 amide bonds. The van der Waals surface area contributed by atoms with E-state index >= 15 is 0 Å². The van der Waals surface area contributed by atoms with Gasteiger partial charge in [0.25, 0.3) is 5.91 Å². The summed E-state index contributed by atoms with van der Waals surface area (Å²) < 4.78 is 1.85. The van der Waals surface area contributed by atoms with Crippen molar-refractivity contribution in [3.63, 3.8) is 0 Å². The molecule has 0 spiro atoms. The van der Waals surface area contributed by atoms with E-state index in [9.17, 15) is 4.79 Å². The number of hydrogen-bond donors (Lipinski definition) is 0. The number of aromatic nitrogens is 1. The fourth-order valence-electron chi connectivity index (χ4n) is 3.51. The van der Waals surface area contributed by atoms with Crippen molar-refractivity contribution < 1.29 is 4.79 Å². The molecular formula is C19H15Cl2NO. The molecule has 23 heavy (non-hydrogen) atoms. The Kier molecular flexibility index (Phi) is 3.67. The number of fused-ring (bicyclic) bond motifs is 3. The molecule has 0 radical (unpaired) electrons. The molecular weight excluding hydrogens is 329 g/mol. The molecule has 0 aliphatic heterocycles. The van der Waals surface area contributed by atoms with Crippen molar-refractivity contribution in [2.24, 2.45) is 0 Å². The smallest absolute Gasteiger partial charge is 0.264 e. The molecule has 1 aliphatic carbocycles. The molecule has 2 aromatic carbocycles. The zero-order chi connectivity index (χ0) is 16.0. The normalized spacial score (nSPS) is 14.0. The van der Waals surface area contributed by atoms with E-state index in [1.54, 1.807) is 18.2 Å². The van der Waals surface area contributed by atoms with E-state index in [0.717, 1.165) is 30.5 Å². The van der Waals surface area contributed by atoms with Crippen LogP contribution in [-0.4, -0.2) is 10.5 Å². The van der Waals surface area contributed by atoms with Gasteiger partial charge in [0.15, 0.2) is 0 Å². The molecule has 2 nitrogen and oxygen atoms in total. The molecule has 0 atom stereocenters. The lowest BCUT2D eigenvalue weighted by molar-refractivity contribution is 0.0961. The van der Waals surface area contributed by atoms with E-state index in [1.807, 2.05) is 22.8 Å². The van der Waals surface area contributed by atoms with Gasteiger partial charge < -0.3 is 0 Å². The average Bonchev–Trinajstić information content (AvgIpc) is 2.89. The van der Waals surface area contributed by atoms with E-state index < -0.39 is 0 Å².